The van der Waals surface area contributed by atoms with Crippen LogP contribution in [0.5, 0.6) is 5.75 Å². The van der Waals surface area contributed by atoms with Gasteiger partial charge in [0.15, 0.2) is 6.17 Å². The predicted molar refractivity (Wildman–Crippen MR) is 75.9 cm³/mol. The number of rotatable bonds is 1. The number of methoxy groups -OCH3 is 1. The van der Waals surface area contributed by atoms with Crippen LogP contribution in [0, 0.1) is 0 Å². The summed E-state index contributed by atoms with van der Waals surface area (Å²) in [6.45, 7) is -0.0928. The molecule has 20 heavy (non-hydrogen) atoms. The number of hydrogen-bond acceptors (Lipinski definition) is 5. The molecule has 0 spiro atoms. The summed E-state index contributed by atoms with van der Waals surface area (Å²) in [5.74, 6) is -0.0101. The van der Waals surface area contributed by atoms with Crippen molar-refractivity contribution in [1.82, 2.24) is 4.98 Å². The number of ether oxygens (including phenoxy) is 2. The number of carbonyl (C=O) groups excluding carboxylic acids is 1. The van der Waals surface area contributed by atoms with Gasteiger partial charge < -0.3 is 9.47 Å². The summed E-state index contributed by atoms with van der Waals surface area (Å²) >= 11 is 4.37. The van der Waals surface area contributed by atoms with Crippen molar-refractivity contribution in [1.29, 1.82) is 0 Å². The van der Waals surface area contributed by atoms with Gasteiger partial charge in [-0.1, -0.05) is 15.9 Å². The topological polar surface area (TPSA) is 48.4 Å². The van der Waals surface area contributed by atoms with E-state index in [2.05, 4.69) is 25.7 Å². The van der Waals surface area contributed by atoms with Crippen molar-refractivity contribution >= 4 is 33.2 Å². The second-order valence-corrected chi connectivity index (χ2v) is 6.09. The quantitative estimate of drug-likeness (QED) is 0.729. The van der Waals surface area contributed by atoms with Crippen LogP contribution in [0.2, 0.25) is 0 Å². The summed E-state index contributed by atoms with van der Waals surface area (Å²) in [5, 5.41) is 0.146. The van der Waals surface area contributed by atoms with Crippen molar-refractivity contribution in [3.63, 3.8) is 0 Å². The molecule has 0 saturated carbocycles. The highest BCUT2D eigenvalue weighted by molar-refractivity contribution is 9.10. The lowest BCUT2D eigenvalue weighted by atomic mass is 10.1. The Labute approximate surface area is 126 Å². The van der Waals surface area contributed by atoms with Crippen molar-refractivity contribution in [3.8, 4) is 17.0 Å². The third kappa shape index (κ3) is 2.20. The Bertz CT molecular complexity index is 688. The number of alkyl halides is 1. The van der Waals surface area contributed by atoms with Gasteiger partial charge in [0.1, 0.15) is 12.4 Å². The SMILES string of the molecule is COC(=O)c1nc2c(s1)C(F)COc1ccc(Br)cc1-2. The zero-order valence-electron chi connectivity index (χ0n) is 10.4. The average molecular weight is 358 g/mol. The minimum absolute atomic E-state index is 0.0928. The molecule has 1 aliphatic rings. The van der Waals surface area contributed by atoms with Crippen LogP contribution in [-0.4, -0.2) is 24.7 Å². The lowest BCUT2D eigenvalue weighted by Gasteiger charge is -2.07. The van der Waals surface area contributed by atoms with Gasteiger partial charge in [-0.25, -0.2) is 14.2 Å². The lowest BCUT2D eigenvalue weighted by Crippen LogP contribution is -2.02. The molecule has 0 N–H and O–H groups in total. The van der Waals surface area contributed by atoms with E-state index >= 15 is 0 Å². The molecule has 1 aromatic heterocycles. The maximum absolute atomic E-state index is 14.2. The van der Waals surface area contributed by atoms with E-state index in [0.29, 0.717) is 21.9 Å². The van der Waals surface area contributed by atoms with Crippen LogP contribution in [0.25, 0.3) is 11.3 Å². The number of nitrogens with zero attached hydrogens (tertiary/aromatic N) is 1. The molecule has 2 heterocycles. The van der Waals surface area contributed by atoms with Gasteiger partial charge in [0.2, 0.25) is 5.01 Å². The molecule has 0 bridgehead atoms. The van der Waals surface area contributed by atoms with Crippen LogP contribution >= 0.6 is 27.3 Å². The highest BCUT2D eigenvalue weighted by atomic mass is 79.9. The van der Waals surface area contributed by atoms with Crippen LogP contribution in [0.1, 0.15) is 20.9 Å². The van der Waals surface area contributed by atoms with E-state index in [9.17, 15) is 9.18 Å². The normalized spacial score (nSPS) is 16.6. The molecule has 4 nitrogen and oxygen atoms in total. The molecule has 3 rings (SSSR count). The van der Waals surface area contributed by atoms with Gasteiger partial charge in [0.25, 0.3) is 0 Å². The summed E-state index contributed by atoms with van der Waals surface area (Å²) in [4.78, 5) is 16.2. The number of halogens is 2. The molecule has 0 aliphatic carbocycles. The van der Waals surface area contributed by atoms with E-state index in [4.69, 9.17) is 4.74 Å². The highest BCUT2D eigenvalue weighted by Gasteiger charge is 2.29. The maximum Gasteiger partial charge on any atom is 0.367 e. The third-order valence-electron chi connectivity index (χ3n) is 2.88. The smallest absolute Gasteiger partial charge is 0.367 e. The standard InChI is InChI=1S/C13H9BrFNO3S/c1-18-13(17)12-16-10-7-4-6(14)2-3-9(7)19-5-8(15)11(10)20-12/h2-4,8H,5H2,1H3. The zero-order chi connectivity index (χ0) is 14.3. The van der Waals surface area contributed by atoms with Crippen LogP contribution in [-0.2, 0) is 4.74 Å². The summed E-state index contributed by atoms with van der Waals surface area (Å²) in [6, 6.07) is 5.36. The Hall–Kier alpha value is -1.47. The molecular weight excluding hydrogens is 349 g/mol. The number of aromatic nitrogens is 1. The highest BCUT2D eigenvalue weighted by Crippen LogP contribution is 2.43. The first-order valence-corrected chi connectivity index (χ1v) is 7.37. The number of hydrogen-bond donors (Lipinski definition) is 0. The van der Waals surface area contributed by atoms with Crippen LogP contribution in [0.4, 0.5) is 4.39 Å². The molecule has 1 aromatic carbocycles. The predicted octanol–water partition coefficient (Wildman–Crippen LogP) is 3.76. The van der Waals surface area contributed by atoms with Crippen molar-refractivity contribution < 1.29 is 18.7 Å². The van der Waals surface area contributed by atoms with Gasteiger partial charge in [-0.3, -0.25) is 0 Å². The minimum Gasteiger partial charge on any atom is -0.489 e. The Morgan fingerprint density at radius 2 is 2.40 bits per heavy atom. The Morgan fingerprint density at radius 3 is 3.15 bits per heavy atom. The summed E-state index contributed by atoms with van der Waals surface area (Å²) in [5.41, 5.74) is 1.11. The molecule has 7 heteroatoms. The van der Waals surface area contributed by atoms with E-state index in [1.165, 1.54) is 7.11 Å². The summed E-state index contributed by atoms with van der Waals surface area (Å²) < 4.78 is 25.1. The first kappa shape index (κ1) is 13.5. The van der Waals surface area contributed by atoms with Crippen LogP contribution in [0.15, 0.2) is 22.7 Å². The lowest BCUT2D eigenvalue weighted by molar-refractivity contribution is 0.0600. The first-order valence-electron chi connectivity index (χ1n) is 5.76. The van der Waals surface area contributed by atoms with Crippen LogP contribution in [0.3, 0.4) is 0 Å². The third-order valence-corrected chi connectivity index (χ3v) is 4.49. The van der Waals surface area contributed by atoms with E-state index in [1.807, 2.05) is 6.07 Å². The van der Waals surface area contributed by atoms with E-state index in [-0.39, 0.29) is 11.6 Å². The van der Waals surface area contributed by atoms with Gasteiger partial charge in [0.05, 0.1) is 17.7 Å². The fourth-order valence-electron chi connectivity index (χ4n) is 1.96. The van der Waals surface area contributed by atoms with E-state index in [1.54, 1.807) is 12.1 Å². The molecule has 104 valence electrons. The van der Waals surface area contributed by atoms with E-state index in [0.717, 1.165) is 15.8 Å². The average Bonchev–Trinajstić information content (AvgIpc) is 2.85. The van der Waals surface area contributed by atoms with Crippen molar-refractivity contribution in [3.05, 3.63) is 32.6 Å². The Balaban J connectivity index is 2.21. The monoisotopic (exact) mass is 357 g/mol. The zero-order valence-corrected chi connectivity index (χ0v) is 12.8. The van der Waals surface area contributed by atoms with Crippen molar-refractivity contribution in [2.75, 3.05) is 13.7 Å². The second-order valence-electron chi connectivity index (χ2n) is 4.14. The van der Waals surface area contributed by atoms with Gasteiger partial charge in [0, 0.05) is 10.0 Å². The molecule has 0 amide bonds. The molecule has 0 saturated heterocycles. The molecule has 0 fully saturated rings. The number of benzene rings is 1. The molecule has 1 unspecified atom stereocenters. The number of thiazole rings is 1. The van der Waals surface area contributed by atoms with Gasteiger partial charge in [-0.15, -0.1) is 11.3 Å². The molecule has 0 radical (unpaired) electrons. The number of esters is 1. The Kier molecular flexibility index (Phi) is 3.47. The minimum atomic E-state index is -1.31. The van der Waals surface area contributed by atoms with Crippen LogP contribution < -0.4 is 4.74 Å². The fraction of sp³-hybridized carbons (Fsp3) is 0.231. The summed E-state index contributed by atoms with van der Waals surface area (Å²) in [6.07, 6.45) is -1.31. The first-order chi connectivity index (χ1) is 9.60. The van der Waals surface area contributed by atoms with Crippen molar-refractivity contribution in [2.45, 2.75) is 6.17 Å². The van der Waals surface area contributed by atoms with E-state index < -0.39 is 12.1 Å². The second kappa shape index (κ2) is 5.14. The van der Waals surface area contributed by atoms with Gasteiger partial charge >= 0.3 is 5.97 Å². The number of fused-ring (bicyclic) bond motifs is 3. The summed E-state index contributed by atoms with van der Waals surface area (Å²) in [7, 11) is 1.27. The largest absolute Gasteiger partial charge is 0.489 e. The molecule has 1 aliphatic heterocycles. The van der Waals surface area contributed by atoms with Crippen molar-refractivity contribution in [2.24, 2.45) is 0 Å². The van der Waals surface area contributed by atoms with Gasteiger partial charge in [-0.2, -0.15) is 0 Å². The fourth-order valence-corrected chi connectivity index (χ4v) is 3.28. The molecule has 1 atom stereocenters. The Morgan fingerprint density at radius 1 is 1.60 bits per heavy atom. The number of carbonyl (C=O) groups is 1. The maximum atomic E-state index is 14.2. The molecule has 2 aromatic rings. The molecular formula is C13H9BrFNO3S. The van der Waals surface area contributed by atoms with Gasteiger partial charge in [-0.05, 0) is 18.2 Å².